The molecule has 1 saturated carbocycles. The number of nitrogens with zero attached hydrogens (tertiary/aromatic N) is 1. The molecule has 1 spiro atoms. The van der Waals surface area contributed by atoms with Gasteiger partial charge in [0.1, 0.15) is 0 Å². The molecule has 0 N–H and O–H groups in total. The van der Waals surface area contributed by atoms with Crippen molar-refractivity contribution in [2.24, 2.45) is 5.41 Å². The Balaban J connectivity index is 1.78. The minimum absolute atomic E-state index is 0.425. The van der Waals surface area contributed by atoms with E-state index in [0.29, 0.717) is 20.9 Å². The van der Waals surface area contributed by atoms with Crippen molar-refractivity contribution in [2.75, 3.05) is 19.6 Å². The molecule has 90 valence electrons. The van der Waals surface area contributed by atoms with Gasteiger partial charge in [-0.2, -0.15) is 0 Å². The summed E-state index contributed by atoms with van der Waals surface area (Å²) < 4.78 is 0. The lowest BCUT2D eigenvalue weighted by Gasteiger charge is -2.30. The van der Waals surface area contributed by atoms with Gasteiger partial charge >= 0.3 is 0 Å². The van der Waals surface area contributed by atoms with E-state index in [9.17, 15) is 0 Å². The van der Waals surface area contributed by atoms with Gasteiger partial charge in [-0.25, -0.2) is 0 Å². The number of fused-ring (bicyclic) bond motifs is 1. The highest BCUT2D eigenvalue weighted by molar-refractivity contribution is 6.42. The fourth-order valence-electron chi connectivity index (χ4n) is 4.27. The van der Waals surface area contributed by atoms with Crippen LogP contribution in [0.25, 0.3) is 0 Å². The van der Waals surface area contributed by atoms with E-state index in [1.807, 2.05) is 6.07 Å². The first-order valence-corrected chi connectivity index (χ1v) is 7.09. The first-order valence-electron chi connectivity index (χ1n) is 6.33. The summed E-state index contributed by atoms with van der Waals surface area (Å²) in [4.78, 5) is 2.61. The van der Waals surface area contributed by atoms with E-state index in [2.05, 4.69) is 17.0 Å². The molecule has 4 rings (SSSR count). The van der Waals surface area contributed by atoms with E-state index in [1.165, 1.54) is 44.5 Å². The van der Waals surface area contributed by atoms with Crippen molar-refractivity contribution in [1.82, 2.24) is 4.90 Å². The summed E-state index contributed by atoms with van der Waals surface area (Å²) in [6.07, 6.45) is 4.02. The second kappa shape index (κ2) is 3.20. The number of halogens is 2. The molecule has 2 heterocycles. The van der Waals surface area contributed by atoms with Crippen LogP contribution in [0.1, 0.15) is 24.8 Å². The van der Waals surface area contributed by atoms with Gasteiger partial charge in [0.05, 0.1) is 10.0 Å². The van der Waals surface area contributed by atoms with E-state index in [-0.39, 0.29) is 0 Å². The van der Waals surface area contributed by atoms with Gasteiger partial charge in [-0.3, -0.25) is 0 Å². The summed E-state index contributed by atoms with van der Waals surface area (Å²) in [7, 11) is 0. The van der Waals surface area contributed by atoms with Crippen LogP contribution in [0.4, 0.5) is 0 Å². The fraction of sp³-hybridized carbons (Fsp3) is 0.571. The van der Waals surface area contributed by atoms with Gasteiger partial charge in [-0.1, -0.05) is 29.3 Å². The molecule has 1 unspecified atom stereocenters. The maximum atomic E-state index is 6.17. The second-order valence-electron chi connectivity index (χ2n) is 5.94. The molecule has 1 aliphatic carbocycles. The van der Waals surface area contributed by atoms with Crippen molar-refractivity contribution < 1.29 is 0 Å². The lowest BCUT2D eigenvalue weighted by Crippen LogP contribution is -2.33. The van der Waals surface area contributed by atoms with Gasteiger partial charge in [0.15, 0.2) is 0 Å². The van der Waals surface area contributed by atoms with Crippen LogP contribution in [-0.4, -0.2) is 24.5 Å². The standard InChI is InChI=1S/C14H15Cl2N/c15-11-2-1-10(7-12(11)16)14-4-6-17-5-3-13(14,8-14)9-17/h1-2,7H,3-6,8-9H2/t13-,14-/m0/s1. The Bertz CT molecular complexity index is 497. The van der Waals surface area contributed by atoms with Crippen LogP contribution >= 0.6 is 23.2 Å². The van der Waals surface area contributed by atoms with Crippen LogP contribution in [0.2, 0.25) is 10.0 Å². The van der Waals surface area contributed by atoms with E-state index >= 15 is 0 Å². The Labute approximate surface area is 112 Å². The molecule has 2 bridgehead atoms. The molecule has 0 aromatic heterocycles. The molecule has 2 aliphatic heterocycles. The van der Waals surface area contributed by atoms with Crippen LogP contribution in [0.15, 0.2) is 18.2 Å². The third-order valence-corrected chi connectivity index (χ3v) is 6.03. The molecule has 3 heteroatoms. The van der Waals surface area contributed by atoms with Crippen LogP contribution in [-0.2, 0) is 5.41 Å². The molecule has 3 aliphatic rings. The minimum Gasteiger partial charge on any atom is -0.303 e. The zero-order chi connectivity index (χ0) is 11.7. The minimum atomic E-state index is 0.425. The summed E-state index contributed by atoms with van der Waals surface area (Å²) in [6, 6.07) is 6.25. The maximum Gasteiger partial charge on any atom is 0.0595 e. The zero-order valence-corrected chi connectivity index (χ0v) is 11.2. The molecule has 3 atom stereocenters. The van der Waals surface area contributed by atoms with Crippen LogP contribution in [0.5, 0.6) is 0 Å². The first-order chi connectivity index (χ1) is 8.15. The zero-order valence-electron chi connectivity index (χ0n) is 9.68. The normalized spacial score (nSPS) is 42.4. The molecule has 0 radical (unpaired) electrons. The summed E-state index contributed by atoms with van der Waals surface area (Å²) in [5.41, 5.74) is 2.42. The number of rotatable bonds is 1. The maximum absolute atomic E-state index is 6.17. The molecular weight excluding hydrogens is 253 g/mol. The fourth-order valence-corrected chi connectivity index (χ4v) is 4.56. The molecule has 17 heavy (non-hydrogen) atoms. The van der Waals surface area contributed by atoms with Gasteiger partial charge in [-0.05, 0) is 55.5 Å². The Morgan fingerprint density at radius 1 is 1.06 bits per heavy atom. The van der Waals surface area contributed by atoms with Crippen molar-refractivity contribution in [3.63, 3.8) is 0 Å². The highest BCUT2D eigenvalue weighted by atomic mass is 35.5. The predicted octanol–water partition coefficient (Wildman–Crippen LogP) is 3.73. The number of hydrogen-bond donors (Lipinski definition) is 0. The SMILES string of the molecule is Clc1ccc([C@@]23CCN4CC[C@@]2(C4)C3)cc1Cl. The Hall–Kier alpha value is -0.240. The number of hydrogen-bond acceptors (Lipinski definition) is 1. The van der Waals surface area contributed by atoms with Gasteiger partial charge in [0.2, 0.25) is 0 Å². The largest absolute Gasteiger partial charge is 0.303 e. The Morgan fingerprint density at radius 2 is 1.88 bits per heavy atom. The molecule has 1 aromatic carbocycles. The van der Waals surface area contributed by atoms with Crippen molar-refractivity contribution >= 4 is 23.2 Å². The summed E-state index contributed by atoms with van der Waals surface area (Å²) >= 11 is 12.2. The number of piperidine rings is 1. The lowest BCUT2D eigenvalue weighted by molar-refractivity contribution is 0.244. The van der Waals surface area contributed by atoms with Crippen molar-refractivity contribution in [3.05, 3.63) is 33.8 Å². The van der Waals surface area contributed by atoms with Gasteiger partial charge in [-0.15, -0.1) is 0 Å². The molecule has 0 amide bonds. The van der Waals surface area contributed by atoms with Gasteiger partial charge in [0, 0.05) is 12.0 Å². The molecular formula is C14H15Cl2N. The second-order valence-corrected chi connectivity index (χ2v) is 6.76. The monoisotopic (exact) mass is 267 g/mol. The summed E-state index contributed by atoms with van der Waals surface area (Å²) in [5.74, 6) is 0. The third-order valence-electron chi connectivity index (χ3n) is 5.29. The lowest BCUT2D eigenvalue weighted by atomic mass is 9.81. The highest BCUT2D eigenvalue weighted by Crippen LogP contribution is 2.72. The average Bonchev–Trinajstić information content (AvgIpc) is 2.85. The molecule has 1 aromatic rings. The Morgan fingerprint density at radius 3 is 2.71 bits per heavy atom. The first kappa shape index (κ1) is 10.7. The predicted molar refractivity (Wildman–Crippen MR) is 70.9 cm³/mol. The molecule has 1 nitrogen and oxygen atoms in total. The van der Waals surface area contributed by atoms with Crippen molar-refractivity contribution in [3.8, 4) is 0 Å². The topological polar surface area (TPSA) is 3.24 Å². The van der Waals surface area contributed by atoms with E-state index in [0.717, 1.165) is 0 Å². The van der Waals surface area contributed by atoms with Gasteiger partial charge in [0.25, 0.3) is 0 Å². The third kappa shape index (κ3) is 1.26. The van der Waals surface area contributed by atoms with E-state index < -0.39 is 0 Å². The van der Waals surface area contributed by atoms with Crippen LogP contribution in [0, 0.1) is 5.41 Å². The van der Waals surface area contributed by atoms with Crippen LogP contribution < -0.4 is 0 Å². The summed E-state index contributed by atoms with van der Waals surface area (Å²) in [5, 5.41) is 1.38. The van der Waals surface area contributed by atoms with E-state index in [4.69, 9.17) is 23.2 Å². The average molecular weight is 268 g/mol. The van der Waals surface area contributed by atoms with Crippen LogP contribution in [0.3, 0.4) is 0 Å². The quantitative estimate of drug-likeness (QED) is 0.750. The van der Waals surface area contributed by atoms with Crippen molar-refractivity contribution in [2.45, 2.75) is 24.7 Å². The molecule has 3 fully saturated rings. The van der Waals surface area contributed by atoms with Gasteiger partial charge < -0.3 is 4.90 Å². The van der Waals surface area contributed by atoms with Crippen molar-refractivity contribution in [1.29, 1.82) is 0 Å². The summed E-state index contributed by atoms with van der Waals surface area (Å²) in [6.45, 7) is 3.85. The molecule has 2 saturated heterocycles. The van der Waals surface area contributed by atoms with E-state index in [1.54, 1.807) is 0 Å². The smallest absolute Gasteiger partial charge is 0.0595 e. The highest BCUT2D eigenvalue weighted by Gasteiger charge is 2.71. The number of benzene rings is 1. The Kier molecular flexibility index (Phi) is 2.01.